The predicted molar refractivity (Wildman–Crippen MR) is 131 cm³/mol. The highest BCUT2D eigenvalue weighted by Gasteiger charge is 2.28. The van der Waals surface area contributed by atoms with E-state index in [1.54, 1.807) is 34.6 Å². The van der Waals surface area contributed by atoms with Gasteiger partial charge in [0.05, 0.1) is 33.1 Å². The molecule has 2 aromatic carbocycles. The molecule has 176 valence electrons. The van der Waals surface area contributed by atoms with Gasteiger partial charge in [0, 0.05) is 30.4 Å². The average molecular weight is 461 g/mol. The molecule has 0 saturated heterocycles. The first-order valence-corrected chi connectivity index (χ1v) is 10.9. The Labute approximate surface area is 199 Å². The maximum atomic E-state index is 12.6. The highest BCUT2D eigenvalue weighted by molar-refractivity contribution is 6.14. The van der Waals surface area contributed by atoms with E-state index in [4.69, 9.17) is 19.3 Å². The highest BCUT2D eigenvalue weighted by Crippen LogP contribution is 2.35. The summed E-state index contributed by atoms with van der Waals surface area (Å²) < 4.78 is 16.3. The molecule has 0 fully saturated rings. The van der Waals surface area contributed by atoms with E-state index in [9.17, 15) is 4.79 Å². The minimum absolute atomic E-state index is 0.155. The number of carbonyl (C=O) groups is 1. The van der Waals surface area contributed by atoms with Crippen molar-refractivity contribution in [2.45, 2.75) is 19.4 Å². The van der Waals surface area contributed by atoms with Crippen molar-refractivity contribution in [2.75, 3.05) is 28.4 Å². The van der Waals surface area contributed by atoms with E-state index in [1.807, 2.05) is 55.5 Å². The summed E-state index contributed by atoms with van der Waals surface area (Å²) in [5.74, 6) is 1.80. The number of ether oxygens (including phenoxy) is 3. The number of nitrogens with zero attached hydrogens (tertiary/aromatic N) is 3. The fourth-order valence-electron chi connectivity index (χ4n) is 4.07. The largest absolute Gasteiger partial charge is 0.493 e. The fourth-order valence-corrected chi connectivity index (χ4v) is 4.07. The Kier molecular flexibility index (Phi) is 6.67. The van der Waals surface area contributed by atoms with Crippen LogP contribution in [-0.2, 0) is 6.42 Å². The second-order valence-electron chi connectivity index (χ2n) is 7.93. The van der Waals surface area contributed by atoms with E-state index >= 15 is 0 Å². The van der Waals surface area contributed by atoms with Gasteiger partial charge in [-0.3, -0.25) is 0 Å². The van der Waals surface area contributed by atoms with Gasteiger partial charge in [0.2, 0.25) is 5.88 Å². The quantitative estimate of drug-likeness (QED) is 0.619. The zero-order chi connectivity index (χ0) is 24.2. The van der Waals surface area contributed by atoms with Gasteiger partial charge in [-0.25, -0.2) is 14.8 Å². The van der Waals surface area contributed by atoms with Crippen molar-refractivity contribution in [3.63, 3.8) is 0 Å². The smallest absolute Gasteiger partial charge is 0.337 e. The molecule has 0 saturated carbocycles. The summed E-state index contributed by atoms with van der Waals surface area (Å²) >= 11 is 0. The second-order valence-corrected chi connectivity index (χ2v) is 7.93. The lowest BCUT2D eigenvalue weighted by Crippen LogP contribution is -2.41. The lowest BCUT2D eigenvalue weighted by molar-refractivity contribution is 0.184. The van der Waals surface area contributed by atoms with Crippen LogP contribution in [0.5, 0.6) is 17.4 Å². The monoisotopic (exact) mass is 460 g/mol. The molecule has 0 radical (unpaired) electrons. The minimum Gasteiger partial charge on any atom is -0.493 e. The van der Waals surface area contributed by atoms with Crippen molar-refractivity contribution in [1.29, 1.82) is 0 Å². The van der Waals surface area contributed by atoms with Gasteiger partial charge in [0.15, 0.2) is 11.5 Å². The zero-order valence-electron chi connectivity index (χ0n) is 20.0. The molecule has 1 aromatic heterocycles. The first kappa shape index (κ1) is 23.1. The Balaban J connectivity index is 1.84. The Morgan fingerprint density at radius 1 is 0.941 bits per heavy atom. The molecular formula is C26H28N4O4. The van der Waals surface area contributed by atoms with E-state index < -0.39 is 0 Å². The average Bonchev–Trinajstić information content (AvgIpc) is 3.02. The highest BCUT2D eigenvalue weighted by atomic mass is 16.5. The molecule has 2 amide bonds. The van der Waals surface area contributed by atoms with Crippen molar-refractivity contribution in [3.05, 3.63) is 71.4 Å². The van der Waals surface area contributed by atoms with E-state index in [2.05, 4.69) is 10.3 Å². The number of urea groups is 1. The standard InChI is InChI=1S/C26H28N4O4/c1-16-12-20-13-22(32-3)23(33-4)15-21(20)25(29-30(16)26(31)27-2)18-8-6-17(7-9-18)19-10-11-28-24(14-19)34-5/h6-11,13-16H,12H2,1-5H3,(H,27,31). The predicted octanol–water partition coefficient (Wildman–Crippen LogP) is 4.11. The van der Waals surface area contributed by atoms with Crippen molar-refractivity contribution >= 4 is 11.7 Å². The molecule has 3 aromatic rings. The number of rotatable bonds is 5. The summed E-state index contributed by atoms with van der Waals surface area (Å²) in [6, 6.07) is 15.3. The maximum absolute atomic E-state index is 12.6. The van der Waals surface area contributed by atoms with Crippen LogP contribution < -0.4 is 19.5 Å². The van der Waals surface area contributed by atoms with Gasteiger partial charge in [-0.1, -0.05) is 24.3 Å². The van der Waals surface area contributed by atoms with E-state index in [-0.39, 0.29) is 12.1 Å². The number of hydrogen-bond donors (Lipinski definition) is 1. The summed E-state index contributed by atoms with van der Waals surface area (Å²) in [5, 5.41) is 9.00. The van der Waals surface area contributed by atoms with Crippen molar-refractivity contribution in [3.8, 4) is 28.5 Å². The third kappa shape index (κ3) is 4.39. The molecule has 0 bridgehead atoms. The van der Waals surface area contributed by atoms with Gasteiger partial charge < -0.3 is 19.5 Å². The van der Waals surface area contributed by atoms with Crippen LogP contribution in [0.4, 0.5) is 4.79 Å². The van der Waals surface area contributed by atoms with E-state index in [1.165, 1.54) is 5.01 Å². The summed E-state index contributed by atoms with van der Waals surface area (Å²) in [6.07, 6.45) is 2.33. The van der Waals surface area contributed by atoms with Gasteiger partial charge >= 0.3 is 6.03 Å². The number of methoxy groups -OCH3 is 3. The molecule has 8 heteroatoms. The third-order valence-corrected chi connectivity index (χ3v) is 5.86. The fraction of sp³-hybridized carbons (Fsp3) is 0.269. The van der Waals surface area contributed by atoms with Gasteiger partial charge in [-0.15, -0.1) is 0 Å². The Hall–Kier alpha value is -4.07. The van der Waals surface area contributed by atoms with Crippen LogP contribution in [0.3, 0.4) is 0 Å². The number of aromatic nitrogens is 1. The molecule has 0 spiro atoms. The number of hydrazone groups is 1. The first-order valence-electron chi connectivity index (χ1n) is 10.9. The van der Waals surface area contributed by atoms with Crippen LogP contribution in [0.25, 0.3) is 11.1 Å². The number of benzene rings is 2. The normalized spacial score (nSPS) is 15.0. The van der Waals surface area contributed by atoms with Gasteiger partial charge in [-0.05, 0) is 48.2 Å². The summed E-state index contributed by atoms with van der Waals surface area (Å²) in [6.45, 7) is 1.97. The van der Waals surface area contributed by atoms with Crippen LogP contribution in [0.1, 0.15) is 23.6 Å². The molecule has 0 aliphatic carbocycles. The molecule has 1 unspecified atom stereocenters. The minimum atomic E-state index is -0.266. The molecular weight excluding hydrogens is 432 g/mol. The summed E-state index contributed by atoms with van der Waals surface area (Å²) in [5.41, 5.74) is 5.49. The topological polar surface area (TPSA) is 85.3 Å². The molecule has 1 aliphatic rings. The summed E-state index contributed by atoms with van der Waals surface area (Å²) in [7, 11) is 6.42. The molecule has 1 N–H and O–H groups in total. The number of hydrogen-bond acceptors (Lipinski definition) is 6. The van der Waals surface area contributed by atoms with Crippen LogP contribution in [-0.4, -0.2) is 56.2 Å². The third-order valence-electron chi connectivity index (χ3n) is 5.86. The Morgan fingerprint density at radius 2 is 1.62 bits per heavy atom. The van der Waals surface area contributed by atoms with Crippen molar-refractivity contribution in [2.24, 2.45) is 5.10 Å². The molecule has 1 aliphatic heterocycles. The SMILES string of the molecule is CNC(=O)N1N=C(c2ccc(-c3ccnc(OC)c3)cc2)c2cc(OC)c(OC)cc2CC1C. The van der Waals surface area contributed by atoms with Crippen LogP contribution in [0.15, 0.2) is 59.8 Å². The van der Waals surface area contributed by atoms with Crippen LogP contribution >= 0.6 is 0 Å². The molecule has 4 rings (SSSR count). The van der Waals surface area contributed by atoms with Crippen LogP contribution in [0.2, 0.25) is 0 Å². The number of pyridine rings is 1. The first-order chi connectivity index (χ1) is 16.5. The maximum Gasteiger partial charge on any atom is 0.337 e. The van der Waals surface area contributed by atoms with Crippen LogP contribution in [0, 0.1) is 0 Å². The number of amides is 2. The van der Waals surface area contributed by atoms with Crippen molar-refractivity contribution < 1.29 is 19.0 Å². The Morgan fingerprint density at radius 3 is 2.26 bits per heavy atom. The number of nitrogens with one attached hydrogen (secondary N) is 1. The molecule has 8 nitrogen and oxygen atoms in total. The van der Waals surface area contributed by atoms with Gasteiger partial charge in [0.1, 0.15) is 0 Å². The number of carbonyl (C=O) groups excluding carboxylic acids is 1. The van der Waals surface area contributed by atoms with Gasteiger partial charge in [0.25, 0.3) is 0 Å². The van der Waals surface area contributed by atoms with E-state index in [0.29, 0.717) is 29.5 Å². The zero-order valence-corrected chi connectivity index (χ0v) is 20.0. The molecule has 2 heterocycles. The molecule has 1 atom stereocenters. The summed E-state index contributed by atoms with van der Waals surface area (Å²) in [4.78, 5) is 16.8. The Bertz CT molecular complexity index is 1220. The lowest BCUT2D eigenvalue weighted by Gasteiger charge is -2.22. The van der Waals surface area contributed by atoms with Crippen molar-refractivity contribution in [1.82, 2.24) is 15.3 Å². The van der Waals surface area contributed by atoms with Gasteiger partial charge in [-0.2, -0.15) is 5.10 Å². The molecule has 34 heavy (non-hydrogen) atoms. The second kappa shape index (κ2) is 9.82. The number of fused-ring (bicyclic) bond motifs is 1. The lowest BCUT2D eigenvalue weighted by atomic mass is 9.93. The van der Waals surface area contributed by atoms with E-state index in [0.717, 1.165) is 27.8 Å².